The van der Waals surface area contributed by atoms with Gasteiger partial charge in [-0.15, -0.1) is 0 Å². The number of alkyl halides is 6. The Labute approximate surface area is 557 Å². The van der Waals surface area contributed by atoms with Gasteiger partial charge < -0.3 is 30.9 Å². The van der Waals surface area contributed by atoms with Crippen molar-refractivity contribution in [1.82, 2.24) is 20.4 Å². The standard InChI is InChI=1S/C70H83F6N5O14S/c1-38(2)48(35-56(85)53(30-40-13-18-46(82)19-14-40)79-59(86)10-8-7-9-29-80-61(88)36-57(96-6)65(80)93)64(92)77-39(3)54(83)33-43(34-62(89)90)63(91)78-45-16-11-41(12-17-45)37-95-66(94)81-58-24-20-47-50-22-23-52(67(50,4)27-25-51(47)68(58,5)28-26-60(81)87)55(84)32-42-31-44(69(71,72)73)15-21-49(42)70(74,75)76/h11-19,21,26,28,31,38-39,43,47-48,50-53,57-58,82H,7-10,20,22-25,27,29-30,32-37H2,1-6H3,(H,77,92)(H,78,91)(H,79,86)(H,89,90)/t39-,43-,47-,48-,50-,51-,52+,53-,57?,58+,67-,68+/m0/s1. The molecule has 0 bridgehead atoms. The van der Waals surface area contributed by atoms with Gasteiger partial charge in [-0.2, -0.15) is 38.1 Å². The Morgan fingerprint density at radius 1 is 0.760 bits per heavy atom. The lowest BCUT2D eigenvalue weighted by Crippen LogP contribution is -2.62. The van der Waals surface area contributed by atoms with Gasteiger partial charge >= 0.3 is 24.4 Å². The van der Waals surface area contributed by atoms with Gasteiger partial charge in [0.15, 0.2) is 11.6 Å². The molecule has 1 unspecified atom stereocenters. The fourth-order valence-corrected chi connectivity index (χ4v) is 16.0. The summed E-state index contributed by atoms with van der Waals surface area (Å²) in [5.41, 5.74) is -3.43. The van der Waals surface area contributed by atoms with Crippen molar-refractivity contribution < 1.29 is 94.0 Å². The van der Waals surface area contributed by atoms with Crippen molar-refractivity contribution in [2.45, 2.75) is 180 Å². The largest absolute Gasteiger partial charge is 0.508 e. The summed E-state index contributed by atoms with van der Waals surface area (Å²) in [4.78, 5) is 149. The van der Waals surface area contributed by atoms with Crippen LogP contribution in [0.25, 0.3) is 0 Å². The molecule has 7 amide bonds. The second kappa shape index (κ2) is 30.7. The van der Waals surface area contributed by atoms with Crippen molar-refractivity contribution in [3.63, 3.8) is 0 Å². The maximum atomic E-state index is 14.1. The van der Waals surface area contributed by atoms with Crippen LogP contribution < -0.4 is 16.0 Å². The third-order valence-corrected chi connectivity index (χ3v) is 21.6. The molecule has 0 aromatic heterocycles. The third kappa shape index (κ3) is 17.3. The van der Waals surface area contributed by atoms with Gasteiger partial charge in [0.25, 0.3) is 5.91 Å². The van der Waals surface area contributed by atoms with E-state index in [0.29, 0.717) is 87.1 Å². The number of hydrogen-bond donors (Lipinski definition) is 5. The van der Waals surface area contributed by atoms with Crippen LogP contribution in [-0.2, 0) is 84.5 Å². The van der Waals surface area contributed by atoms with Gasteiger partial charge in [0.1, 0.15) is 18.1 Å². The van der Waals surface area contributed by atoms with Crippen molar-refractivity contribution in [3.05, 3.63) is 107 Å². The van der Waals surface area contributed by atoms with Crippen LogP contribution in [0.4, 0.5) is 36.8 Å². The van der Waals surface area contributed by atoms with Gasteiger partial charge in [0.2, 0.25) is 29.5 Å². The van der Waals surface area contributed by atoms with Gasteiger partial charge in [0, 0.05) is 67.7 Å². The number of halogens is 6. The summed E-state index contributed by atoms with van der Waals surface area (Å²) >= 11 is 1.32. The van der Waals surface area contributed by atoms with E-state index in [4.69, 9.17) is 4.74 Å². The zero-order chi connectivity index (χ0) is 70.4. The fraction of sp³-hybridized carbons (Fsp3) is 0.557. The first kappa shape index (κ1) is 73.9. The minimum atomic E-state index is -4.98. The van der Waals surface area contributed by atoms with Crippen molar-refractivity contribution in [2.75, 3.05) is 18.1 Å². The van der Waals surface area contributed by atoms with E-state index in [1.54, 1.807) is 32.2 Å². The minimum absolute atomic E-state index is 0.00420. The van der Waals surface area contributed by atoms with Crippen LogP contribution >= 0.6 is 11.8 Å². The molecule has 5 aliphatic rings. The number of thioether (sulfide) groups is 1. The lowest BCUT2D eigenvalue weighted by atomic mass is 9.47. The van der Waals surface area contributed by atoms with Crippen LogP contribution in [0.2, 0.25) is 0 Å². The predicted molar refractivity (Wildman–Crippen MR) is 340 cm³/mol. The molecule has 4 fully saturated rings. The van der Waals surface area contributed by atoms with E-state index in [1.165, 1.54) is 66.1 Å². The zero-order valence-electron chi connectivity index (χ0n) is 54.4. The maximum Gasteiger partial charge on any atom is 0.417 e. The molecule has 3 aliphatic carbocycles. The summed E-state index contributed by atoms with van der Waals surface area (Å²) in [5.74, 6) is -9.81. The molecular weight excluding hydrogens is 1280 g/mol. The molecule has 0 spiro atoms. The molecule has 96 heavy (non-hydrogen) atoms. The Morgan fingerprint density at radius 2 is 1.45 bits per heavy atom. The number of phenolic OH excluding ortho intramolecular Hbond substituents is 1. The molecule has 3 aromatic carbocycles. The molecule has 8 rings (SSSR count). The van der Waals surface area contributed by atoms with E-state index in [2.05, 4.69) is 16.0 Å². The third-order valence-electron chi connectivity index (χ3n) is 20.6. The number of aromatic hydroxyl groups is 1. The first-order valence-electron chi connectivity index (χ1n) is 32.5. The number of hydrogen-bond acceptors (Lipinski definition) is 14. The first-order chi connectivity index (χ1) is 45.1. The van der Waals surface area contributed by atoms with E-state index < -0.39 is 159 Å². The number of ether oxygens (including phenoxy) is 1. The molecule has 3 aromatic rings. The highest BCUT2D eigenvalue weighted by Gasteiger charge is 2.62. The first-order valence-corrected chi connectivity index (χ1v) is 33.8. The quantitative estimate of drug-likeness (QED) is 0.0257. The monoisotopic (exact) mass is 1360 g/mol. The number of Topliss-reactive ketones (excluding diaryl/α,β-unsaturated/α-hetero) is 3. The van der Waals surface area contributed by atoms with Gasteiger partial charge in [-0.3, -0.25) is 52.8 Å². The number of carboxylic acid groups (broad SMARTS) is 1. The molecule has 3 saturated carbocycles. The second-order valence-corrected chi connectivity index (χ2v) is 28.2. The van der Waals surface area contributed by atoms with E-state index in [9.17, 15) is 89.3 Å². The fourth-order valence-electron chi connectivity index (χ4n) is 15.4. The number of ketones is 3. The lowest BCUT2D eigenvalue weighted by molar-refractivity contribution is -0.143. The van der Waals surface area contributed by atoms with Crippen molar-refractivity contribution in [3.8, 4) is 5.75 Å². The highest BCUT2D eigenvalue weighted by Crippen LogP contribution is 2.66. The molecule has 5 N–H and O–H groups in total. The summed E-state index contributed by atoms with van der Waals surface area (Å²) in [7, 11) is 0. The van der Waals surface area contributed by atoms with Crippen LogP contribution in [0.5, 0.6) is 5.75 Å². The van der Waals surface area contributed by atoms with E-state index >= 15 is 0 Å². The summed E-state index contributed by atoms with van der Waals surface area (Å²) < 4.78 is 88.7. The van der Waals surface area contributed by atoms with Gasteiger partial charge in [-0.05, 0) is 159 Å². The molecule has 1 saturated heterocycles. The van der Waals surface area contributed by atoms with E-state index in [-0.39, 0.29) is 79.8 Å². The number of nitrogens with zero attached hydrogens (tertiary/aromatic N) is 2. The number of carbonyl (C=O) groups is 11. The zero-order valence-corrected chi connectivity index (χ0v) is 55.3. The average molecular weight is 1360 g/mol. The number of carbonyl (C=O) groups excluding carboxylic acids is 10. The Kier molecular flexibility index (Phi) is 23.6. The Balaban J connectivity index is 0.822. The average Bonchev–Trinajstić information content (AvgIpc) is 1.30. The van der Waals surface area contributed by atoms with Crippen LogP contribution in [0.3, 0.4) is 0 Å². The molecule has 0 radical (unpaired) electrons. The van der Waals surface area contributed by atoms with E-state index in [0.717, 1.165) is 4.90 Å². The molecule has 19 nitrogen and oxygen atoms in total. The number of anilines is 1. The molecule has 2 aliphatic heterocycles. The number of carboxylic acids is 1. The van der Waals surface area contributed by atoms with Crippen molar-refractivity contribution in [1.29, 1.82) is 0 Å². The summed E-state index contributed by atoms with van der Waals surface area (Å²) in [6.07, 6.45) is -3.92. The second-order valence-electron chi connectivity index (χ2n) is 27.1. The molecule has 12 atom stereocenters. The number of rotatable bonds is 28. The van der Waals surface area contributed by atoms with Gasteiger partial charge in [0.05, 0.1) is 46.8 Å². The predicted octanol–water partition coefficient (Wildman–Crippen LogP) is 11.0. The Morgan fingerprint density at radius 3 is 2.08 bits per heavy atom. The normalized spacial score (nSPS) is 24.4. The summed E-state index contributed by atoms with van der Waals surface area (Å²) in [6.45, 7) is 8.61. The van der Waals surface area contributed by atoms with Crippen LogP contribution in [0.1, 0.15) is 152 Å². The number of phenols is 1. The highest BCUT2D eigenvalue weighted by molar-refractivity contribution is 8.00. The number of fused-ring (bicyclic) bond motifs is 5. The minimum Gasteiger partial charge on any atom is -0.508 e. The Bertz CT molecular complexity index is 3490. The van der Waals surface area contributed by atoms with Crippen LogP contribution in [0, 0.1) is 52.3 Å². The van der Waals surface area contributed by atoms with Crippen LogP contribution in [0.15, 0.2) is 78.9 Å². The molecule has 520 valence electrons. The Hall–Kier alpha value is -7.90. The van der Waals surface area contributed by atoms with E-state index in [1.807, 2.05) is 19.9 Å². The van der Waals surface area contributed by atoms with Gasteiger partial charge in [-0.1, -0.05) is 64.5 Å². The summed E-state index contributed by atoms with van der Waals surface area (Å²) in [5, 5.41) is 27.3. The van der Waals surface area contributed by atoms with Gasteiger partial charge in [-0.25, -0.2) is 9.69 Å². The van der Waals surface area contributed by atoms with Crippen LogP contribution in [-0.4, -0.2) is 121 Å². The maximum absolute atomic E-state index is 14.1. The molecule has 26 heteroatoms. The number of unbranched alkanes of at least 4 members (excludes halogenated alkanes) is 2. The van der Waals surface area contributed by atoms with Crippen molar-refractivity contribution >= 4 is 82.3 Å². The number of nitrogens with one attached hydrogen (secondary N) is 3. The summed E-state index contributed by atoms with van der Waals surface area (Å²) in [6, 6.07) is 10.2. The number of benzene rings is 3. The SMILES string of the molecule is CSC1CC(=O)N(CCCCCC(=O)N[C@@H](Cc2ccc(O)cc2)C(=O)C[C@H](C(=O)N[C@@H](C)C(=O)C[C@@H](CC(=O)O)C(=O)Nc2ccc(COC(=O)N3C(=O)C=C[C@]4(C)[C@H]5CC[C@]6(C)[C@@H](C(=O)Cc7cc(C(F)(F)F)ccc7C(F)(F)F)CC[C@H]6[C@@H]5CC[C@@H]34)cc2)C(C)C)C1=O. The lowest BCUT2D eigenvalue weighted by Gasteiger charge is -2.60. The topological polar surface area (TPSA) is 280 Å². The number of likely N-dealkylation sites (tertiary alicyclic amines) is 1. The van der Waals surface area contributed by atoms with Crippen molar-refractivity contribution in [2.24, 2.45) is 52.3 Å². The smallest absolute Gasteiger partial charge is 0.417 e. The highest BCUT2D eigenvalue weighted by atomic mass is 32.2. The number of amides is 7. The molecular formula is C70H83F6N5O14S. The molecule has 2 heterocycles. The number of aliphatic carboxylic acids is 1. The number of imide groups is 2.